The molecule has 152 valence electrons. The minimum Gasteiger partial charge on any atom is -0.370 e. The van der Waals surface area contributed by atoms with Crippen molar-refractivity contribution in [3.05, 3.63) is 65.7 Å². The number of thioether (sulfide) groups is 1. The number of rotatable bonds is 6. The third kappa shape index (κ3) is 6.88. The van der Waals surface area contributed by atoms with E-state index in [1.54, 1.807) is 0 Å². The van der Waals surface area contributed by atoms with Crippen LogP contribution in [0.25, 0.3) is 0 Å². The second-order valence-corrected chi connectivity index (χ2v) is 8.11. The van der Waals surface area contributed by atoms with Gasteiger partial charge >= 0.3 is 0 Å². The largest absolute Gasteiger partial charge is 0.370 e. The van der Waals surface area contributed by atoms with Gasteiger partial charge in [-0.15, -0.1) is 24.0 Å². The van der Waals surface area contributed by atoms with E-state index in [9.17, 15) is 0 Å². The van der Waals surface area contributed by atoms with E-state index >= 15 is 0 Å². The van der Waals surface area contributed by atoms with Crippen LogP contribution >= 0.6 is 35.7 Å². The lowest BCUT2D eigenvalue weighted by Gasteiger charge is -2.28. The van der Waals surface area contributed by atoms with Crippen LogP contribution < -0.4 is 15.5 Å². The van der Waals surface area contributed by atoms with Gasteiger partial charge in [0, 0.05) is 50.4 Å². The van der Waals surface area contributed by atoms with Gasteiger partial charge in [0.2, 0.25) is 0 Å². The summed E-state index contributed by atoms with van der Waals surface area (Å²) in [5.74, 6) is 3.74. The van der Waals surface area contributed by atoms with Crippen molar-refractivity contribution in [3.8, 4) is 0 Å². The summed E-state index contributed by atoms with van der Waals surface area (Å²) in [6.45, 7) is 6.16. The molecule has 1 fully saturated rings. The van der Waals surface area contributed by atoms with E-state index in [0.717, 1.165) is 32.1 Å². The number of hydrogen-bond donors (Lipinski definition) is 2. The Bertz CT molecular complexity index is 715. The van der Waals surface area contributed by atoms with E-state index in [2.05, 4.69) is 82.0 Å². The van der Waals surface area contributed by atoms with Gasteiger partial charge in [-0.1, -0.05) is 49.4 Å². The summed E-state index contributed by atoms with van der Waals surface area (Å²) in [6.07, 6.45) is 0. The molecule has 6 heteroatoms. The molecule has 1 heterocycles. The summed E-state index contributed by atoms with van der Waals surface area (Å²) < 4.78 is 0. The Labute approximate surface area is 190 Å². The first-order valence-corrected chi connectivity index (χ1v) is 10.8. The molecule has 0 amide bonds. The van der Waals surface area contributed by atoms with Gasteiger partial charge < -0.3 is 15.5 Å². The van der Waals surface area contributed by atoms with Gasteiger partial charge in [-0.25, -0.2) is 0 Å². The fraction of sp³-hybridized carbons (Fsp3) is 0.409. The normalized spacial score (nSPS) is 15.5. The zero-order valence-electron chi connectivity index (χ0n) is 16.7. The van der Waals surface area contributed by atoms with Gasteiger partial charge in [0.1, 0.15) is 0 Å². The highest BCUT2D eigenvalue weighted by atomic mass is 127. The number of halogens is 1. The van der Waals surface area contributed by atoms with Crippen LogP contribution in [0.15, 0.2) is 59.6 Å². The van der Waals surface area contributed by atoms with Crippen LogP contribution in [-0.4, -0.2) is 44.1 Å². The first-order chi connectivity index (χ1) is 13.3. The summed E-state index contributed by atoms with van der Waals surface area (Å²) in [5.41, 5.74) is 3.94. The fourth-order valence-corrected chi connectivity index (χ4v) is 4.10. The lowest BCUT2D eigenvalue weighted by Crippen LogP contribution is -2.38. The molecule has 0 saturated carbocycles. The zero-order valence-corrected chi connectivity index (χ0v) is 19.9. The monoisotopic (exact) mass is 510 g/mol. The van der Waals surface area contributed by atoms with Gasteiger partial charge in [0.05, 0.1) is 0 Å². The van der Waals surface area contributed by atoms with E-state index in [1.165, 1.54) is 28.3 Å². The van der Waals surface area contributed by atoms with Gasteiger partial charge in [0.25, 0.3) is 0 Å². The molecule has 1 aliphatic rings. The highest BCUT2D eigenvalue weighted by Gasteiger charge is 2.11. The van der Waals surface area contributed by atoms with Crippen molar-refractivity contribution in [2.75, 3.05) is 43.1 Å². The van der Waals surface area contributed by atoms with E-state index in [1.807, 2.05) is 18.8 Å². The first kappa shape index (κ1) is 22.9. The predicted molar refractivity (Wildman–Crippen MR) is 134 cm³/mol. The molecule has 1 unspecified atom stereocenters. The molecule has 2 aromatic rings. The minimum absolute atomic E-state index is 0. The van der Waals surface area contributed by atoms with Crippen LogP contribution in [0.5, 0.6) is 0 Å². The average Bonchev–Trinajstić information content (AvgIpc) is 2.75. The molecule has 4 nitrogen and oxygen atoms in total. The predicted octanol–water partition coefficient (Wildman–Crippen LogP) is 4.33. The maximum Gasteiger partial charge on any atom is 0.191 e. The first-order valence-electron chi connectivity index (χ1n) is 9.67. The third-order valence-corrected chi connectivity index (χ3v) is 5.88. The molecule has 1 saturated heterocycles. The molecule has 28 heavy (non-hydrogen) atoms. The van der Waals surface area contributed by atoms with Crippen LogP contribution in [0.4, 0.5) is 5.69 Å². The highest BCUT2D eigenvalue weighted by Crippen LogP contribution is 2.19. The second-order valence-electron chi connectivity index (χ2n) is 6.88. The Morgan fingerprint density at radius 3 is 2.36 bits per heavy atom. The van der Waals surface area contributed by atoms with Crippen LogP contribution in [0, 0.1) is 0 Å². The standard InChI is InChI=1S/C22H30N4S.HI/c1-18(20-6-4-3-5-7-20)16-24-22(23-2)25-17-19-8-10-21(11-9-19)26-12-14-27-15-13-26;/h3-11,18H,12-17H2,1-2H3,(H2,23,24,25);1H. The number of anilines is 1. The number of hydrogen-bond acceptors (Lipinski definition) is 3. The van der Waals surface area contributed by atoms with Gasteiger partial charge in [0.15, 0.2) is 5.96 Å². The Kier molecular flexibility index (Phi) is 9.98. The van der Waals surface area contributed by atoms with Gasteiger partial charge in [-0.2, -0.15) is 11.8 Å². The van der Waals surface area contributed by atoms with Crippen molar-refractivity contribution < 1.29 is 0 Å². The van der Waals surface area contributed by atoms with Crippen LogP contribution in [0.3, 0.4) is 0 Å². The number of aliphatic imine (C=N–C) groups is 1. The molecule has 2 aromatic carbocycles. The number of nitrogens with zero attached hydrogens (tertiary/aromatic N) is 2. The quantitative estimate of drug-likeness (QED) is 0.345. The van der Waals surface area contributed by atoms with Gasteiger partial charge in [-0.05, 0) is 29.2 Å². The van der Waals surface area contributed by atoms with E-state index in [-0.39, 0.29) is 24.0 Å². The zero-order chi connectivity index (χ0) is 18.9. The second kappa shape index (κ2) is 12.2. The number of nitrogens with one attached hydrogen (secondary N) is 2. The third-order valence-electron chi connectivity index (χ3n) is 4.94. The van der Waals surface area contributed by atoms with Crippen molar-refractivity contribution in [1.29, 1.82) is 0 Å². The summed E-state index contributed by atoms with van der Waals surface area (Å²) >= 11 is 2.04. The van der Waals surface area contributed by atoms with E-state index in [0.29, 0.717) is 5.92 Å². The SMILES string of the molecule is CN=C(NCc1ccc(N2CCSCC2)cc1)NCC(C)c1ccccc1.I. The summed E-state index contributed by atoms with van der Waals surface area (Å²) in [6, 6.07) is 19.5. The van der Waals surface area contributed by atoms with Crippen LogP contribution in [0.2, 0.25) is 0 Å². The topological polar surface area (TPSA) is 39.7 Å². The lowest BCUT2D eigenvalue weighted by molar-refractivity contribution is 0.699. The molecule has 3 rings (SSSR count). The van der Waals surface area contributed by atoms with Crippen LogP contribution in [-0.2, 0) is 6.54 Å². The Hall–Kier alpha value is -1.41. The molecular weight excluding hydrogens is 479 g/mol. The molecule has 0 spiro atoms. The van der Waals surface area contributed by atoms with Crippen molar-refractivity contribution in [2.24, 2.45) is 4.99 Å². The minimum atomic E-state index is 0. The average molecular weight is 510 g/mol. The van der Waals surface area contributed by atoms with Gasteiger partial charge in [-0.3, -0.25) is 4.99 Å². The molecule has 0 radical (unpaired) electrons. The van der Waals surface area contributed by atoms with Crippen molar-refractivity contribution in [3.63, 3.8) is 0 Å². The van der Waals surface area contributed by atoms with E-state index in [4.69, 9.17) is 0 Å². The van der Waals surface area contributed by atoms with Crippen LogP contribution in [0.1, 0.15) is 24.0 Å². The molecule has 1 atom stereocenters. The molecular formula is C22H31IN4S. The lowest BCUT2D eigenvalue weighted by atomic mass is 10.0. The smallest absolute Gasteiger partial charge is 0.191 e. The Morgan fingerprint density at radius 2 is 1.71 bits per heavy atom. The maximum absolute atomic E-state index is 4.34. The molecule has 0 bridgehead atoms. The Morgan fingerprint density at radius 1 is 1.04 bits per heavy atom. The summed E-state index contributed by atoms with van der Waals surface area (Å²) in [7, 11) is 1.82. The molecule has 0 aliphatic carbocycles. The molecule has 1 aliphatic heterocycles. The summed E-state index contributed by atoms with van der Waals surface area (Å²) in [4.78, 5) is 6.82. The number of guanidine groups is 1. The van der Waals surface area contributed by atoms with Crippen molar-refractivity contribution in [1.82, 2.24) is 10.6 Å². The fourth-order valence-electron chi connectivity index (χ4n) is 3.20. The van der Waals surface area contributed by atoms with Crippen molar-refractivity contribution >= 4 is 47.4 Å². The molecule has 0 aromatic heterocycles. The van der Waals surface area contributed by atoms with Crippen molar-refractivity contribution in [2.45, 2.75) is 19.4 Å². The van der Waals surface area contributed by atoms with E-state index < -0.39 is 0 Å². The number of benzene rings is 2. The Balaban J connectivity index is 0.00000280. The molecule has 2 N–H and O–H groups in total. The summed E-state index contributed by atoms with van der Waals surface area (Å²) in [5, 5.41) is 6.84. The highest BCUT2D eigenvalue weighted by molar-refractivity contribution is 14.0. The maximum atomic E-state index is 4.34.